The molecule has 3 aliphatic rings. The Balaban J connectivity index is 1.39. The van der Waals surface area contributed by atoms with E-state index in [4.69, 9.17) is 22.1 Å². The number of hydrogen-bond donors (Lipinski definition) is 2. The number of methoxy groups -OCH3 is 1. The lowest BCUT2D eigenvalue weighted by Gasteiger charge is -2.34. The summed E-state index contributed by atoms with van der Waals surface area (Å²) < 4.78 is 7.52. The van der Waals surface area contributed by atoms with E-state index in [1.54, 1.807) is 28.8 Å². The van der Waals surface area contributed by atoms with Gasteiger partial charge >= 0.3 is 6.03 Å². The van der Waals surface area contributed by atoms with Gasteiger partial charge in [-0.25, -0.2) is 4.79 Å². The highest BCUT2D eigenvalue weighted by molar-refractivity contribution is 6.30. The fourth-order valence-corrected chi connectivity index (χ4v) is 5.68. The second-order valence-electron chi connectivity index (χ2n) is 8.96. The van der Waals surface area contributed by atoms with Crippen LogP contribution in [0.4, 0.5) is 4.79 Å². The first-order valence-electron chi connectivity index (χ1n) is 10.6. The van der Waals surface area contributed by atoms with Crippen LogP contribution in [0.25, 0.3) is 11.3 Å². The number of fused-ring (bicyclic) bond motifs is 3. The number of carbonyl (C=O) groups is 2. The summed E-state index contributed by atoms with van der Waals surface area (Å²) in [5.74, 6) is -0.562. The molecule has 0 radical (unpaired) electrons. The van der Waals surface area contributed by atoms with Crippen molar-refractivity contribution in [2.75, 3.05) is 13.7 Å². The van der Waals surface area contributed by atoms with Crippen molar-refractivity contribution in [3.05, 3.63) is 40.5 Å². The van der Waals surface area contributed by atoms with Crippen LogP contribution < -0.4 is 11.1 Å². The van der Waals surface area contributed by atoms with E-state index in [-0.39, 0.29) is 23.7 Å². The molecular weight excluding hydrogens is 418 g/mol. The van der Waals surface area contributed by atoms with Crippen molar-refractivity contribution in [1.29, 1.82) is 0 Å². The predicted octanol–water partition coefficient (Wildman–Crippen LogP) is 2.93. The Labute approximate surface area is 185 Å². The highest BCUT2D eigenvalue weighted by Crippen LogP contribution is 2.52. The number of rotatable bonds is 4. The van der Waals surface area contributed by atoms with E-state index in [0.717, 1.165) is 37.7 Å². The number of hydrogen-bond acceptors (Lipinski definition) is 4. The van der Waals surface area contributed by atoms with Gasteiger partial charge in [-0.3, -0.25) is 9.48 Å². The normalized spacial score (nSPS) is 26.7. The van der Waals surface area contributed by atoms with Gasteiger partial charge < -0.3 is 20.7 Å². The molecule has 1 aromatic carbocycles. The summed E-state index contributed by atoms with van der Waals surface area (Å²) >= 11 is 6.13. The summed E-state index contributed by atoms with van der Waals surface area (Å²) in [5.41, 5.74) is 7.69. The monoisotopic (exact) mass is 443 g/mol. The van der Waals surface area contributed by atoms with Gasteiger partial charge in [-0.05, 0) is 44.2 Å². The minimum absolute atomic E-state index is 0.0845. The minimum atomic E-state index is -0.562. The van der Waals surface area contributed by atoms with Gasteiger partial charge in [0, 0.05) is 29.8 Å². The van der Waals surface area contributed by atoms with Crippen molar-refractivity contribution < 1.29 is 14.3 Å². The summed E-state index contributed by atoms with van der Waals surface area (Å²) in [6, 6.07) is 7.07. The number of amides is 3. The van der Waals surface area contributed by atoms with Crippen LogP contribution in [-0.4, -0.2) is 51.4 Å². The van der Waals surface area contributed by atoms with E-state index >= 15 is 0 Å². The topological polar surface area (TPSA) is 102 Å². The first-order valence-corrected chi connectivity index (χ1v) is 11.0. The molecule has 1 aromatic heterocycles. The molecule has 0 atom stereocenters. The number of benzene rings is 1. The van der Waals surface area contributed by atoms with Crippen molar-refractivity contribution in [2.45, 2.75) is 56.3 Å². The van der Waals surface area contributed by atoms with Gasteiger partial charge in [0.2, 0.25) is 0 Å². The molecule has 164 valence electrons. The number of nitrogens with zero attached hydrogens (tertiary/aromatic N) is 3. The third-order valence-corrected chi connectivity index (χ3v) is 7.43. The Morgan fingerprint density at radius 2 is 2.00 bits per heavy atom. The Bertz CT molecular complexity index is 1060. The summed E-state index contributed by atoms with van der Waals surface area (Å²) in [5, 5.41) is 8.46. The van der Waals surface area contributed by atoms with E-state index in [9.17, 15) is 9.59 Å². The first-order chi connectivity index (χ1) is 14.8. The van der Waals surface area contributed by atoms with Gasteiger partial charge in [0.05, 0.1) is 29.9 Å². The number of nitrogens with two attached hydrogens (primary N) is 1. The van der Waals surface area contributed by atoms with Crippen LogP contribution in [-0.2, 0) is 17.8 Å². The molecule has 2 bridgehead atoms. The molecule has 5 rings (SSSR count). The predicted molar refractivity (Wildman–Crippen MR) is 116 cm³/mol. The van der Waals surface area contributed by atoms with Gasteiger partial charge in [-0.15, -0.1) is 0 Å². The fraction of sp³-hybridized carbons (Fsp3) is 0.500. The second kappa shape index (κ2) is 7.24. The Morgan fingerprint density at radius 3 is 2.65 bits per heavy atom. The van der Waals surface area contributed by atoms with Crippen molar-refractivity contribution in [1.82, 2.24) is 20.0 Å². The average molecular weight is 444 g/mol. The quantitative estimate of drug-likeness (QED) is 0.758. The molecular formula is C22H26ClN5O3. The molecule has 2 heterocycles. The molecule has 0 spiro atoms. The van der Waals surface area contributed by atoms with Gasteiger partial charge in [0.25, 0.3) is 5.91 Å². The molecule has 2 saturated carbocycles. The van der Waals surface area contributed by atoms with E-state index in [0.29, 0.717) is 35.1 Å². The number of primary amides is 1. The summed E-state index contributed by atoms with van der Waals surface area (Å²) in [6.07, 6.45) is 4.68. The fourth-order valence-electron chi connectivity index (χ4n) is 5.49. The zero-order valence-electron chi connectivity index (χ0n) is 17.5. The van der Waals surface area contributed by atoms with Crippen LogP contribution in [0, 0.1) is 0 Å². The standard InChI is InChI=1S/C22H26ClN5O3/c1-31-22-7-5-21(13-22,6-8-22)25-20(30)27-9-10-28-16(12-27)17(19(24)29)18(26-28)14-3-2-4-15(23)11-14/h2-4,11H,5-10,12-13H2,1H3,(H2,24,29)(H,25,30). The molecule has 2 fully saturated rings. The molecule has 1 aliphatic heterocycles. The van der Waals surface area contributed by atoms with E-state index in [2.05, 4.69) is 10.4 Å². The van der Waals surface area contributed by atoms with Crippen molar-refractivity contribution in [2.24, 2.45) is 5.73 Å². The van der Waals surface area contributed by atoms with Gasteiger partial charge in [-0.1, -0.05) is 23.7 Å². The van der Waals surface area contributed by atoms with Crippen LogP contribution >= 0.6 is 11.6 Å². The maximum absolute atomic E-state index is 13.2. The van der Waals surface area contributed by atoms with Gasteiger partial charge in [0.1, 0.15) is 5.69 Å². The van der Waals surface area contributed by atoms with E-state index < -0.39 is 5.91 Å². The number of halogens is 1. The van der Waals surface area contributed by atoms with E-state index in [1.165, 1.54) is 0 Å². The summed E-state index contributed by atoms with van der Waals surface area (Å²) in [4.78, 5) is 27.2. The molecule has 0 unspecified atom stereocenters. The Hall–Kier alpha value is -2.58. The molecule has 2 aliphatic carbocycles. The number of ether oxygens (including phenoxy) is 1. The average Bonchev–Trinajstić information content (AvgIpc) is 3.42. The van der Waals surface area contributed by atoms with E-state index in [1.807, 2.05) is 12.1 Å². The maximum atomic E-state index is 13.2. The molecule has 3 amide bonds. The molecule has 9 heteroatoms. The Kier molecular flexibility index (Phi) is 4.75. The molecule has 31 heavy (non-hydrogen) atoms. The van der Waals surface area contributed by atoms with Crippen molar-refractivity contribution >= 4 is 23.5 Å². The zero-order valence-corrected chi connectivity index (χ0v) is 18.2. The minimum Gasteiger partial charge on any atom is -0.378 e. The largest absolute Gasteiger partial charge is 0.378 e. The van der Waals surface area contributed by atoms with Crippen LogP contribution in [0.3, 0.4) is 0 Å². The van der Waals surface area contributed by atoms with Crippen molar-refractivity contribution in [3.63, 3.8) is 0 Å². The Morgan fingerprint density at radius 1 is 1.23 bits per heavy atom. The number of nitrogens with one attached hydrogen (secondary N) is 1. The second-order valence-corrected chi connectivity index (χ2v) is 9.40. The lowest BCUT2D eigenvalue weighted by atomic mass is 9.93. The lowest BCUT2D eigenvalue weighted by Crippen LogP contribution is -2.52. The van der Waals surface area contributed by atoms with Crippen LogP contribution in [0.2, 0.25) is 5.02 Å². The van der Waals surface area contributed by atoms with Gasteiger partial charge in [0.15, 0.2) is 0 Å². The number of urea groups is 1. The van der Waals surface area contributed by atoms with Crippen molar-refractivity contribution in [3.8, 4) is 11.3 Å². The lowest BCUT2D eigenvalue weighted by molar-refractivity contribution is -0.000312. The third-order valence-electron chi connectivity index (χ3n) is 7.20. The highest BCUT2D eigenvalue weighted by atomic mass is 35.5. The highest BCUT2D eigenvalue weighted by Gasteiger charge is 2.55. The van der Waals surface area contributed by atoms with Gasteiger partial charge in [-0.2, -0.15) is 5.10 Å². The summed E-state index contributed by atoms with van der Waals surface area (Å²) in [7, 11) is 1.76. The SMILES string of the molecule is COC12CCC(NC(=O)N3CCn4nc(-c5cccc(Cl)c5)c(C(N)=O)c4C3)(CC1)C2. The molecule has 3 N–H and O–H groups in total. The molecule has 8 nitrogen and oxygen atoms in total. The zero-order chi connectivity index (χ0) is 21.8. The van der Waals surface area contributed by atoms with Crippen LogP contribution in [0.5, 0.6) is 0 Å². The number of carbonyl (C=O) groups excluding carboxylic acids is 2. The maximum Gasteiger partial charge on any atom is 0.318 e. The molecule has 0 saturated heterocycles. The molecule has 2 aromatic rings. The third kappa shape index (κ3) is 3.38. The van der Waals surface area contributed by atoms with Crippen LogP contribution in [0.15, 0.2) is 24.3 Å². The van der Waals surface area contributed by atoms with Crippen LogP contribution in [0.1, 0.15) is 48.2 Å². The summed E-state index contributed by atoms with van der Waals surface area (Å²) in [6.45, 7) is 1.29. The number of aromatic nitrogens is 2. The first kappa shape index (κ1) is 20.3. The smallest absolute Gasteiger partial charge is 0.318 e.